The minimum absolute atomic E-state index is 0.178. The molecule has 1 atom stereocenters. The SMILES string of the molecule is Cc1ccc2cc(C(=O)NC3(C(=O)N[C@H](Cc4ccccc4)C(=O)NCC4CCN(CC5CCOCC5)CC4)CCCC3)oc2c1. The van der Waals surface area contributed by atoms with Crippen LogP contribution >= 0.6 is 0 Å². The summed E-state index contributed by atoms with van der Waals surface area (Å²) < 4.78 is 11.4. The summed E-state index contributed by atoms with van der Waals surface area (Å²) in [5, 5.41) is 10.1. The second-order valence-corrected chi connectivity index (χ2v) is 13.7. The monoisotopic (exact) mass is 628 g/mol. The highest BCUT2D eigenvalue weighted by atomic mass is 16.5. The average molecular weight is 629 g/mol. The van der Waals surface area contributed by atoms with Crippen LogP contribution in [0.1, 0.15) is 73.0 Å². The molecule has 2 aliphatic heterocycles. The van der Waals surface area contributed by atoms with E-state index in [4.69, 9.17) is 9.15 Å². The van der Waals surface area contributed by atoms with E-state index in [1.54, 1.807) is 6.07 Å². The molecule has 3 heterocycles. The van der Waals surface area contributed by atoms with Crippen molar-refractivity contribution in [1.82, 2.24) is 20.9 Å². The van der Waals surface area contributed by atoms with Gasteiger partial charge in [0.05, 0.1) is 0 Å². The molecule has 0 radical (unpaired) electrons. The van der Waals surface area contributed by atoms with Gasteiger partial charge in [0.25, 0.3) is 5.91 Å². The zero-order valence-corrected chi connectivity index (χ0v) is 27.0. The second-order valence-electron chi connectivity index (χ2n) is 13.7. The van der Waals surface area contributed by atoms with Crippen molar-refractivity contribution < 1.29 is 23.5 Å². The predicted molar refractivity (Wildman–Crippen MR) is 177 cm³/mol. The summed E-state index contributed by atoms with van der Waals surface area (Å²) >= 11 is 0. The number of fused-ring (bicyclic) bond motifs is 1. The number of nitrogens with zero attached hydrogens (tertiary/aromatic N) is 1. The van der Waals surface area contributed by atoms with Gasteiger partial charge in [-0.25, -0.2) is 0 Å². The van der Waals surface area contributed by atoms with Crippen LogP contribution in [0, 0.1) is 18.8 Å². The molecule has 6 rings (SSSR count). The number of likely N-dealkylation sites (tertiary alicyclic amines) is 1. The number of hydrogen-bond donors (Lipinski definition) is 3. The van der Waals surface area contributed by atoms with E-state index in [1.165, 1.54) is 0 Å². The molecule has 9 nitrogen and oxygen atoms in total. The molecule has 246 valence electrons. The zero-order chi connectivity index (χ0) is 31.9. The van der Waals surface area contributed by atoms with Crippen molar-refractivity contribution in [3.63, 3.8) is 0 Å². The van der Waals surface area contributed by atoms with Crippen LogP contribution in [0.4, 0.5) is 0 Å². The molecule has 3 aromatic rings. The maximum atomic E-state index is 14.0. The van der Waals surface area contributed by atoms with Crippen LogP contribution in [-0.2, 0) is 20.7 Å². The van der Waals surface area contributed by atoms with E-state index in [0.29, 0.717) is 37.3 Å². The Morgan fingerprint density at radius 3 is 2.41 bits per heavy atom. The number of aryl methyl sites for hydroxylation is 1. The molecule has 3 amide bonds. The van der Waals surface area contributed by atoms with Crippen LogP contribution in [0.15, 0.2) is 59.0 Å². The number of carbonyl (C=O) groups is 3. The summed E-state index contributed by atoms with van der Waals surface area (Å²) in [7, 11) is 0. The Kier molecular flexibility index (Phi) is 10.4. The van der Waals surface area contributed by atoms with Crippen molar-refractivity contribution in [3.05, 3.63) is 71.5 Å². The van der Waals surface area contributed by atoms with Gasteiger partial charge in [-0.05, 0) is 93.6 Å². The maximum absolute atomic E-state index is 14.0. The first-order chi connectivity index (χ1) is 22.4. The minimum Gasteiger partial charge on any atom is -0.451 e. The Balaban J connectivity index is 1.08. The fourth-order valence-corrected chi connectivity index (χ4v) is 7.31. The summed E-state index contributed by atoms with van der Waals surface area (Å²) in [4.78, 5) is 43.7. The van der Waals surface area contributed by atoms with Gasteiger partial charge in [-0.2, -0.15) is 0 Å². The van der Waals surface area contributed by atoms with Crippen LogP contribution in [0.5, 0.6) is 0 Å². The van der Waals surface area contributed by atoms with E-state index in [0.717, 1.165) is 93.8 Å². The predicted octanol–water partition coefficient (Wildman–Crippen LogP) is 4.77. The molecular weight excluding hydrogens is 580 g/mol. The lowest BCUT2D eigenvalue weighted by Gasteiger charge is -2.35. The van der Waals surface area contributed by atoms with Crippen LogP contribution in [0.25, 0.3) is 11.0 Å². The molecule has 0 bridgehead atoms. The van der Waals surface area contributed by atoms with Crippen molar-refractivity contribution in [2.45, 2.75) is 76.3 Å². The fraction of sp³-hybridized carbons (Fsp3) is 0.541. The van der Waals surface area contributed by atoms with Gasteiger partial charge >= 0.3 is 0 Å². The lowest BCUT2D eigenvalue weighted by molar-refractivity contribution is -0.132. The number of ether oxygens (including phenoxy) is 1. The number of nitrogens with one attached hydrogen (secondary N) is 3. The normalized spacial score (nSPS) is 19.9. The Morgan fingerprint density at radius 1 is 0.935 bits per heavy atom. The Labute approximate surface area is 271 Å². The fourth-order valence-electron chi connectivity index (χ4n) is 7.31. The quantitative estimate of drug-likeness (QED) is 0.282. The molecule has 9 heteroatoms. The van der Waals surface area contributed by atoms with Crippen LogP contribution < -0.4 is 16.0 Å². The molecule has 1 saturated carbocycles. The minimum atomic E-state index is -1.10. The third kappa shape index (κ3) is 7.99. The smallest absolute Gasteiger partial charge is 0.287 e. The number of furan rings is 1. The van der Waals surface area contributed by atoms with E-state index < -0.39 is 17.5 Å². The van der Waals surface area contributed by atoms with Gasteiger partial charge in [-0.1, -0.05) is 55.3 Å². The van der Waals surface area contributed by atoms with Gasteiger partial charge in [0.15, 0.2) is 5.76 Å². The largest absolute Gasteiger partial charge is 0.451 e. The first-order valence-electron chi connectivity index (χ1n) is 17.1. The highest BCUT2D eigenvalue weighted by Gasteiger charge is 2.44. The Bertz CT molecular complexity index is 1480. The molecule has 0 unspecified atom stereocenters. The number of benzene rings is 2. The summed E-state index contributed by atoms with van der Waals surface area (Å²) in [6, 6.07) is 16.5. The number of amides is 3. The highest BCUT2D eigenvalue weighted by Crippen LogP contribution is 2.31. The standard InChI is InChI=1S/C37H48N4O5/c1-26-9-10-30-23-33(46-32(30)21-26)35(43)40-37(15-5-6-16-37)36(44)39-31(22-27-7-3-2-4-8-27)34(42)38-24-28-11-17-41(18-12-28)25-29-13-19-45-20-14-29/h2-4,7-10,21,23,28-29,31H,5-6,11-20,22,24-25H2,1H3,(H,38,42)(H,39,44)(H,40,43)/t31-/m1/s1. The van der Waals surface area contributed by atoms with Gasteiger partial charge in [0, 0.05) is 38.1 Å². The summed E-state index contributed by atoms with van der Waals surface area (Å²) in [5.74, 6) is 0.395. The molecule has 1 aromatic heterocycles. The average Bonchev–Trinajstić information content (AvgIpc) is 3.73. The van der Waals surface area contributed by atoms with Crippen molar-refractivity contribution in [1.29, 1.82) is 0 Å². The van der Waals surface area contributed by atoms with Gasteiger partial charge in [-0.3, -0.25) is 14.4 Å². The van der Waals surface area contributed by atoms with Crippen molar-refractivity contribution in [3.8, 4) is 0 Å². The molecule has 3 aliphatic rings. The molecule has 1 aliphatic carbocycles. The molecule has 46 heavy (non-hydrogen) atoms. The maximum Gasteiger partial charge on any atom is 0.287 e. The molecule has 2 saturated heterocycles. The van der Waals surface area contributed by atoms with Crippen molar-refractivity contribution >= 4 is 28.7 Å². The van der Waals surface area contributed by atoms with E-state index in [2.05, 4.69) is 20.9 Å². The van der Waals surface area contributed by atoms with Gasteiger partial charge in [-0.15, -0.1) is 0 Å². The van der Waals surface area contributed by atoms with Crippen molar-refractivity contribution in [2.24, 2.45) is 11.8 Å². The first-order valence-corrected chi connectivity index (χ1v) is 17.1. The molecule has 0 spiro atoms. The van der Waals surface area contributed by atoms with E-state index in [9.17, 15) is 14.4 Å². The van der Waals surface area contributed by atoms with Gasteiger partial charge in [0.2, 0.25) is 11.8 Å². The topological polar surface area (TPSA) is 113 Å². The number of hydrogen-bond acceptors (Lipinski definition) is 6. The lowest BCUT2D eigenvalue weighted by Crippen LogP contribution is -2.61. The summed E-state index contributed by atoms with van der Waals surface area (Å²) in [6.45, 7) is 7.56. The van der Waals surface area contributed by atoms with E-state index in [-0.39, 0.29) is 17.6 Å². The molecule has 3 fully saturated rings. The summed E-state index contributed by atoms with van der Waals surface area (Å²) in [5.41, 5.74) is 1.55. The number of carbonyl (C=O) groups excluding carboxylic acids is 3. The van der Waals surface area contributed by atoms with E-state index in [1.807, 2.05) is 55.5 Å². The van der Waals surface area contributed by atoms with Gasteiger partial charge < -0.3 is 30.0 Å². The van der Waals surface area contributed by atoms with Crippen LogP contribution in [-0.4, -0.2) is 73.6 Å². The van der Waals surface area contributed by atoms with Crippen molar-refractivity contribution in [2.75, 3.05) is 39.4 Å². The zero-order valence-electron chi connectivity index (χ0n) is 27.0. The highest BCUT2D eigenvalue weighted by molar-refractivity contribution is 6.01. The third-order valence-corrected chi connectivity index (χ3v) is 10.2. The number of piperidine rings is 1. The summed E-state index contributed by atoms with van der Waals surface area (Å²) in [6.07, 6.45) is 7.42. The molecular formula is C37H48N4O5. The Morgan fingerprint density at radius 2 is 1.67 bits per heavy atom. The van der Waals surface area contributed by atoms with Gasteiger partial charge in [0.1, 0.15) is 17.2 Å². The number of rotatable bonds is 11. The van der Waals surface area contributed by atoms with Crippen LogP contribution in [0.3, 0.4) is 0 Å². The Hall–Kier alpha value is -3.69. The lowest BCUT2D eigenvalue weighted by atomic mass is 9.93. The van der Waals surface area contributed by atoms with Crippen LogP contribution in [0.2, 0.25) is 0 Å². The molecule has 2 aromatic carbocycles. The van der Waals surface area contributed by atoms with E-state index >= 15 is 0 Å². The third-order valence-electron chi connectivity index (χ3n) is 10.2. The molecule has 3 N–H and O–H groups in total. The second kappa shape index (κ2) is 14.8. The first kappa shape index (κ1) is 32.3.